The summed E-state index contributed by atoms with van der Waals surface area (Å²) in [6.45, 7) is 1.95. The van der Waals surface area contributed by atoms with Gasteiger partial charge in [-0.1, -0.05) is 12.1 Å². The molecule has 0 aliphatic carbocycles. The molecule has 100 valence electrons. The van der Waals surface area contributed by atoms with Crippen molar-refractivity contribution in [2.24, 2.45) is 0 Å². The van der Waals surface area contributed by atoms with E-state index in [1.165, 1.54) is 6.07 Å². The number of hydrogen-bond acceptors (Lipinski definition) is 3. The van der Waals surface area contributed by atoms with Gasteiger partial charge in [0.25, 0.3) is 5.69 Å². The van der Waals surface area contributed by atoms with E-state index in [4.69, 9.17) is 0 Å². The maximum absolute atomic E-state index is 10.9. The number of imidazole rings is 1. The summed E-state index contributed by atoms with van der Waals surface area (Å²) in [7, 11) is 0. The van der Waals surface area contributed by atoms with Gasteiger partial charge in [-0.2, -0.15) is 0 Å². The molecule has 0 radical (unpaired) electrons. The summed E-state index contributed by atoms with van der Waals surface area (Å²) in [6, 6.07) is 10.3. The van der Waals surface area contributed by atoms with Crippen LogP contribution in [0.2, 0.25) is 0 Å². The zero-order valence-electron chi connectivity index (χ0n) is 10.6. The lowest BCUT2D eigenvalue weighted by atomic mass is 10.1. The second kappa shape index (κ2) is 4.72. The van der Waals surface area contributed by atoms with Gasteiger partial charge >= 0.3 is 0 Å². The van der Waals surface area contributed by atoms with E-state index in [9.17, 15) is 10.1 Å². The third kappa shape index (κ3) is 2.08. The van der Waals surface area contributed by atoms with E-state index in [1.54, 1.807) is 12.1 Å². The van der Waals surface area contributed by atoms with Gasteiger partial charge in [0.1, 0.15) is 5.65 Å². The van der Waals surface area contributed by atoms with E-state index < -0.39 is 4.92 Å². The van der Waals surface area contributed by atoms with Crippen molar-refractivity contribution in [2.45, 2.75) is 6.92 Å². The van der Waals surface area contributed by atoms with Gasteiger partial charge in [0, 0.05) is 34.1 Å². The standard InChI is InChI=1S/C14H10BrN3O2/c1-9-14(10-3-2-4-12(7-10)18(19)20)16-13-6-5-11(15)8-17(9)13/h2-8H,1H3. The van der Waals surface area contributed by atoms with E-state index in [1.807, 2.05) is 35.7 Å². The van der Waals surface area contributed by atoms with Crippen LogP contribution < -0.4 is 0 Å². The highest BCUT2D eigenvalue weighted by atomic mass is 79.9. The molecule has 0 fully saturated rings. The summed E-state index contributed by atoms with van der Waals surface area (Å²) in [4.78, 5) is 15.0. The van der Waals surface area contributed by atoms with Gasteiger partial charge in [0.15, 0.2) is 0 Å². The van der Waals surface area contributed by atoms with Crippen LogP contribution >= 0.6 is 15.9 Å². The molecule has 2 aromatic heterocycles. The third-order valence-electron chi connectivity index (χ3n) is 3.15. The molecule has 5 nitrogen and oxygen atoms in total. The van der Waals surface area contributed by atoms with Crippen LogP contribution in [0.3, 0.4) is 0 Å². The molecule has 0 saturated carbocycles. The maximum Gasteiger partial charge on any atom is 0.270 e. The molecule has 0 bridgehead atoms. The summed E-state index contributed by atoms with van der Waals surface area (Å²) >= 11 is 3.42. The maximum atomic E-state index is 10.9. The molecule has 6 heteroatoms. The lowest BCUT2D eigenvalue weighted by Crippen LogP contribution is -1.90. The summed E-state index contributed by atoms with van der Waals surface area (Å²) < 4.78 is 2.91. The van der Waals surface area contributed by atoms with Gasteiger partial charge in [0.2, 0.25) is 0 Å². The highest BCUT2D eigenvalue weighted by Crippen LogP contribution is 2.27. The molecule has 3 aromatic rings. The molecule has 0 saturated heterocycles. The molecule has 0 unspecified atom stereocenters. The number of nitro benzene ring substituents is 1. The van der Waals surface area contributed by atoms with Gasteiger partial charge in [-0.15, -0.1) is 0 Å². The Kier molecular flexibility index (Phi) is 3.02. The summed E-state index contributed by atoms with van der Waals surface area (Å²) in [6.07, 6.45) is 1.93. The Labute approximate surface area is 123 Å². The Hall–Kier alpha value is -2.21. The predicted molar refractivity (Wildman–Crippen MR) is 79.7 cm³/mol. The van der Waals surface area contributed by atoms with E-state index in [-0.39, 0.29) is 5.69 Å². The highest BCUT2D eigenvalue weighted by Gasteiger charge is 2.13. The number of aryl methyl sites for hydroxylation is 1. The first-order valence-electron chi connectivity index (χ1n) is 5.95. The minimum atomic E-state index is -0.398. The van der Waals surface area contributed by atoms with E-state index in [0.717, 1.165) is 27.1 Å². The van der Waals surface area contributed by atoms with Crippen LogP contribution in [0, 0.1) is 17.0 Å². The first-order valence-corrected chi connectivity index (χ1v) is 6.74. The van der Waals surface area contributed by atoms with Gasteiger partial charge in [0.05, 0.1) is 10.6 Å². The topological polar surface area (TPSA) is 60.4 Å². The molecule has 0 aliphatic heterocycles. The van der Waals surface area contributed by atoms with Gasteiger partial charge < -0.3 is 4.40 Å². The van der Waals surface area contributed by atoms with Crippen LogP contribution in [0.25, 0.3) is 16.9 Å². The number of fused-ring (bicyclic) bond motifs is 1. The van der Waals surface area contributed by atoms with Crippen molar-refractivity contribution in [1.29, 1.82) is 0 Å². The molecule has 0 N–H and O–H groups in total. The SMILES string of the molecule is Cc1c(-c2cccc([N+](=O)[O-])c2)nc2ccc(Br)cn12. The van der Waals surface area contributed by atoms with Crippen molar-refractivity contribution < 1.29 is 4.92 Å². The fourth-order valence-corrected chi connectivity index (χ4v) is 2.51. The number of halogens is 1. The second-order valence-corrected chi connectivity index (χ2v) is 5.34. The normalized spacial score (nSPS) is 10.9. The van der Waals surface area contributed by atoms with E-state index >= 15 is 0 Å². The Morgan fingerprint density at radius 3 is 2.85 bits per heavy atom. The lowest BCUT2D eigenvalue weighted by Gasteiger charge is -2.00. The number of benzene rings is 1. The number of pyridine rings is 1. The van der Waals surface area contributed by atoms with Crippen LogP contribution in [0.5, 0.6) is 0 Å². The van der Waals surface area contributed by atoms with Crippen molar-refractivity contribution in [3.63, 3.8) is 0 Å². The molecule has 3 rings (SSSR count). The molecule has 0 aliphatic rings. The van der Waals surface area contributed by atoms with E-state index in [2.05, 4.69) is 20.9 Å². The van der Waals surface area contributed by atoms with Gasteiger partial charge in [-0.3, -0.25) is 10.1 Å². The quantitative estimate of drug-likeness (QED) is 0.527. The Morgan fingerprint density at radius 1 is 1.30 bits per heavy atom. The van der Waals surface area contributed by atoms with Crippen molar-refractivity contribution in [1.82, 2.24) is 9.38 Å². The second-order valence-electron chi connectivity index (χ2n) is 4.43. The van der Waals surface area contributed by atoms with Crippen LogP contribution in [0.15, 0.2) is 47.1 Å². The minimum absolute atomic E-state index is 0.0696. The molecule has 2 heterocycles. The Morgan fingerprint density at radius 2 is 2.10 bits per heavy atom. The zero-order chi connectivity index (χ0) is 14.3. The molecular formula is C14H10BrN3O2. The number of nitro groups is 1. The minimum Gasteiger partial charge on any atom is -0.303 e. The molecular weight excluding hydrogens is 322 g/mol. The first kappa shape index (κ1) is 12.8. The third-order valence-corrected chi connectivity index (χ3v) is 3.62. The Bertz CT molecular complexity index is 826. The summed E-state index contributed by atoms with van der Waals surface area (Å²) in [5.74, 6) is 0. The number of non-ortho nitro benzene ring substituents is 1. The largest absolute Gasteiger partial charge is 0.303 e. The van der Waals surface area contributed by atoms with Crippen molar-refractivity contribution in [2.75, 3.05) is 0 Å². The van der Waals surface area contributed by atoms with Crippen LogP contribution in [0.1, 0.15) is 5.69 Å². The molecule has 1 aromatic carbocycles. The predicted octanol–water partition coefficient (Wildman–Crippen LogP) is 3.98. The van der Waals surface area contributed by atoms with Crippen LogP contribution in [-0.4, -0.2) is 14.3 Å². The highest BCUT2D eigenvalue weighted by molar-refractivity contribution is 9.10. The van der Waals surface area contributed by atoms with Gasteiger partial charge in [-0.05, 0) is 35.0 Å². The first-order chi connectivity index (χ1) is 9.56. The number of nitrogens with zero attached hydrogens (tertiary/aromatic N) is 3. The smallest absolute Gasteiger partial charge is 0.270 e. The monoisotopic (exact) mass is 331 g/mol. The Balaban J connectivity index is 2.22. The van der Waals surface area contributed by atoms with E-state index in [0.29, 0.717) is 0 Å². The van der Waals surface area contributed by atoms with Crippen molar-refractivity contribution >= 4 is 27.3 Å². The molecule has 0 atom stereocenters. The zero-order valence-corrected chi connectivity index (χ0v) is 12.2. The number of aromatic nitrogens is 2. The fraction of sp³-hybridized carbons (Fsp3) is 0.0714. The van der Waals surface area contributed by atoms with Crippen LogP contribution in [0.4, 0.5) is 5.69 Å². The molecule has 0 amide bonds. The lowest BCUT2D eigenvalue weighted by molar-refractivity contribution is -0.384. The number of rotatable bonds is 2. The van der Waals surface area contributed by atoms with Crippen molar-refractivity contribution in [3.8, 4) is 11.3 Å². The average molecular weight is 332 g/mol. The fourth-order valence-electron chi connectivity index (χ4n) is 2.18. The molecule has 0 spiro atoms. The van der Waals surface area contributed by atoms with Crippen LogP contribution in [-0.2, 0) is 0 Å². The summed E-state index contributed by atoms with van der Waals surface area (Å²) in [5, 5.41) is 10.9. The van der Waals surface area contributed by atoms with Crippen molar-refractivity contribution in [3.05, 3.63) is 62.9 Å². The van der Waals surface area contributed by atoms with Gasteiger partial charge in [-0.25, -0.2) is 4.98 Å². The summed E-state index contributed by atoms with van der Waals surface area (Å²) in [5.41, 5.74) is 3.33. The number of hydrogen-bond donors (Lipinski definition) is 0. The molecule has 20 heavy (non-hydrogen) atoms. The average Bonchev–Trinajstić information content (AvgIpc) is 2.76.